The summed E-state index contributed by atoms with van der Waals surface area (Å²) in [7, 11) is -3.22. The van der Waals surface area contributed by atoms with Gasteiger partial charge in [0.15, 0.2) is 9.84 Å². The van der Waals surface area contributed by atoms with Crippen molar-refractivity contribution in [2.24, 2.45) is 11.5 Å². The van der Waals surface area contributed by atoms with Gasteiger partial charge in [-0.05, 0) is 0 Å². The third-order valence-corrected chi connectivity index (χ3v) is 2.08. The third kappa shape index (κ3) is 1.05. The third-order valence-electron chi connectivity index (χ3n) is 0.916. The van der Waals surface area contributed by atoms with Crippen LogP contribution in [0.4, 0.5) is 0 Å². The van der Waals surface area contributed by atoms with Gasteiger partial charge in [-0.3, -0.25) is 0 Å². The molecule has 0 radical (unpaired) electrons. The Balaban J connectivity index is 3.27. The molecule has 9 heavy (non-hydrogen) atoms. The van der Waals surface area contributed by atoms with Crippen LogP contribution in [-0.2, 0) is 9.84 Å². The Morgan fingerprint density at radius 3 is 1.56 bits per heavy atom. The molecule has 1 aliphatic rings. The molecule has 1 aliphatic heterocycles. The van der Waals surface area contributed by atoms with Crippen molar-refractivity contribution in [3.05, 3.63) is 22.2 Å². The summed E-state index contributed by atoms with van der Waals surface area (Å²) in [4.78, 5) is 0. The largest absolute Gasteiger partial charge is 0.396 e. The van der Waals surface area contributed by atoms with Crippen LogP contribution in [0.15, 0.2) is 22.2 Å². The lowest BCUT2D eigenvalue weighted by molar-refractivity contribution is 0.613. The van der Waals surface area contributed by atoms with Crippen LogP contribution in [0.3, 0.4) is 0 Å². The molecule has 0 aliphatic carbocycles. The van der Waals surface area contributed by atoms with Gasteiger partial charge in [-0.15, -0.1) is 0 Å². The Bertz CT molecular complexity index is 262. The van der Waals surface area contributed by atoms with E-state index in [1.807, 2.05) is 0 Å². The van der Waals surface area contributed by atoms with Crippen molar-refractivity contribution in [1.82, 2.24) is 0 Å². The molecule has 1 rings (SSSR count). The van der Waals surface area contributed by atoms with Gasteiger partial charge in [-0.1, -0.05) is 0 Å². The maximum Gasteiger partial charge on any atom is 0.197 e. The van der Waals surface area contributed by atoms with Gasteiger partial charge in [0, 0.05) is 0 Å². The summed E-state index contributed by atoms with van der Waals surface area (Å²) >= 11 is 0. The zero-order chi connectivity index (χ0) is 7.07. The molecule has 0 aromatic heterocycles. The second-order valence-electron chi connectivity index (χ2n) is 1.74. The van der Waals surface area contributed by atoms with Gasteiger partial charge in [0.1, 0.15) is 0 Å². The summed E-state index contributed by atoms with van der Waals surface area (Å²) in [5, 5.41) is 1.87. The molecule has 4 N–H and O–H groups in total. The van der Waals surface area contributed by atoms with Crippen LogP contribution in [0, 0.1) is 0 Å². The summed E-state index contributed by atoms with van der Waals surface area (Å²) < 4.78 is 21.1. The van der Waals surface area contributed by atoms with Gasteiger partial charge < -0.3 is 11.5 Å². The highest BCUT2D eigenvalue weighted by atomic mass is 32.2. The van der Waals surface area contributed by atoms with Crippen LogP contribution in [0.5, 0.6) is 0 Å². The van der Waals surface area contributed by atoms with Gasteiger partial charge in [-0.25, -0.2) is 8.42 Å². The summed E-state index contributed by atoms with van der Waals surface area (Å²) in [5.41, 5.74) is 10.5. The van der Waals surface area contributed by atoms with Gasteiger partial charge in [0.25, 0.3) is 0 Å². The first-order valence-electron chi connectivity index (χ1n) is 2.21. The Morgan fingerprint density at radius 2 is 1.44 bits per heavy atom. The molecule has 1 heterocycles. The first kappa shape index (κ1) is 6.15. The van der Waals surface area contributed by atoms with E-state index in [0.29, 0.717) is 0 Å². The summed E-state index contributed by atoms with van der Waals surface area (Å²) in [6.07, 6.45) is 0. The Kier molecular flexibility index (Phi) is 1.03. The van der Waals surface area contributed by atoms with Crippen LogP contribution in [-0.4, -0.2) is 8.42 Å². The molecule has 0 atom stereocenters. The number of sulfone groups is 1. The fourth-order valence-corrected chi connectivity index (χ4v) is 1.57. The molecule has 0 amide bonds. The molecule has 0 saturated carbocycles. The molecule has 0 bridgehead atoms. The lowest BCUT2D eigenvalue weighted by atomic mass is 10.4. The standard InChI is InChI=1S/C4H6N2O2S/c5-3-1-9(7,8)2-4(3)6/h1-2H,5-6H2. The van der Waals surface area contributed by atoms with E-state index in [0.717, 1.165) is 10.8 Å². The van der Waals surface area contributed by atoms with Gasteiger partial charge >= 0.3 is 0 Å². The molecular formula is C4H6N2O2S. The molecular weight excluding hydrogens is 140 g/mol. The molecule has 50 valence electrons. The predicted molar refractivity (Wildman–Crippen MR) is 33.5 cm³/mol. The quantitative estimate of drug-likeness (QED) is 0.459. The first-order chi connectivity index (χ1) is 4.01. The van der Waals surface area contributed by atoms with Gasteiger partial charge in [0.05, 0.1) is 22.2 Å². The normalized spacial score (nSPS) is 23.1. The fraction of sp³-hybridized carbons (Fsp3) is 0. The van der Waals surface area contributed by atoms with E-state index in [9.17, 15) is 8.42 Å². The zero-order valence-electron chi connectivity index (χ0n) is 4.53. The summed E-state index contributed by atoms with van der Waals surface area (Å²) in [5.74, 6) is 0. The van der Waals surface area contributed by atoms with E-state index < -0.39 is 9.84 Å². The van der Waals surface area contributed by atoms with Crippen molar-refractivity contribution in [2.45, 2.75) is 0 Å². The van der Waals surface area contributed by atoms with Crippen LogP contribution in [0.1, 0.15) is 0 Å². The maximum absolute atomic E-state index is 10.5. The zero-order valence-corrected chi connectivity index (χ0v) is 5.35. The minimum atomic E-state index is -3.22. The van der Waals surface area contributed by atoms with E-state index in [-0.39, 0.29) is 11.4 Å². The minimum Gasteiger partial charge on any atom is -0.396 e. The molecule has 0 saturated heterocycles. The van der Waals surface area contributed by atoms with Crippen molar-refractivity contribution >= 4 is 9.84 Å². The monoisotopic (exact) mass is 146 g/mol. The predicted octanol–water partition coefficient (Wildman–Crippen LogP) is -0.985. The average Bonchev–Trinajstić information content (AvgIpc) is 1.79. The topological polar surface area (TPSA) is 86.2 Å². The van der Waals surface area contributed by atoms with E-state index in [1.165, 1.54) is 0 Å². The second kappa shape index (κ2) is 1.51. The molecule has 0 spiro atoms. The van der Waals surface area contributed by atoms with Crippen LogP contribution < -0.4 is 11.5 Å². The van der Waals surface area contributed by atoms with Gasteiger partial charge in [0.2, 0.25) is 0 Å². The van der Waals surface area contributed by atoms with E-state index >= 15 is 0 Å². The van der Waals surface area contributed by atoms with Crippen molar-refractivity contribution < 1.29 is 8.42 Å². The lowest BCUT2D eigenvalue weighted by Gasteiger charge is -1.87. The second-order valence-corrected chi connectivity index (χ2v) is 3.38. The van der Waals surface area contributed by atoms with Crippen molar-refractivity contribution in [3.63, 3.8) is 0 Å². The maximum atomic E-state index is 10.5. The molecule has 0 unspecified atom stereocenters. The van der Waals surface area contributed by atoms with E-state index in [1.54, 1.807) is 0 Å². The Hall–Kier alpha value is -0.970. The number of hydrogen-bond donors (Lipinski definition) is 2. The van der Waals surface area contributed by atoms with Crippen LogP contribution >= 0.6 is 0 Å². The van der Waals surface area contributed by atoms with Crippen molar-refractivity contribution in [3.8, 4) is 0 Å². The Morgan fingerprint density at radius 1 is 1.11 bits per heavy atom. The average molecular weight is 146 g/mol. The van der Waals surface area contributed by atoms with Crippen molar-refractivity contribution in [2.75, 3.05) is 0 Å². The number of nitrogens with two attached hydrogens (primary N) is 2. The van der Waals surface area contributed by atoms with E-state index in [4.69, 9.17) is 11.5 Å². The highest BCUT2D eigenvalue weighted by Crippen LogP contribution is 2.12. The highest BCUT2D eigenvalue weighted by molar-refractivity contribution is 7.97. The minimum absolute atomic E-state index is 0.120. The van der Waals surface area contributed by atoms with Crippen LogP contribution in [0.25, 0.3) is 0 Å². The SMILES string of the molecule is NC1=CS(=O)(=O)C=C1N. The first-order valence-corrected chi connectivity index (χ1v) is 3.82. The summed E-state index contributed by atoms with van der Waals surface area (Å²) in [6, 6.07) is 0. The molecule has 0 fully saturated rings. The van der Waals surface area contributed by atoms with Crippen LogP contribution in [0.2, 0.25) is 0 Å². The molecule has 0 aromatic carbocycles. The Labute approximate surface area is 52.8 Å². The fourth-order valence-electron chi connectivity index (χ4n) is 0.524. The smallest absolute Gasteiger partial charge is 0.197 e. The summed E-state index contributed by atoms with van der Waals surface area (Å²) in [6.45, 7) is 0. The molecule has 0 aromatic rings. The van der Waals surface area contributed by atoms with Gasteiger partial charge in [-0.2, -0.15) is 0 Å². The number of hydrogen-bond acceptors (Lipinski definition) is 4. The molecule has 5 heteroatoms. The van der Waals surface area contributed by atoms with Crippen molar-refractivity contribution in [1.29, 1.82) is 0 Å². The highest BCUT2D eigenvalue weighted by Gasteiger charge is 2.14. The number of rotatable bonds is 0. The molecule has 4 nitrogen and oxygen atoms in total. The lowest BCUT2D eigenvalue weighted by Crippen LogP contribution is -2.05. The van der Waals surface area contributed by atoms with E-state index in [2.05, 4.69) is 0 Å².